The molecule has 26 heavy (non-hydrogen) atoms. The topological polar surface area (TPSA) is 58.4 Å². The van der Waals surface area contributed by atoms with E-state index in [1.807, 2.05) is 4.90 Å². The molecule has 0 aliphatic carbocycles. The molecule has 1 aromatic heterocycles. The molecule has 1 aromatic carbocycles. The van der Waals surface area contributed by atoms with Crippen molar-refractivity contribution in [3.63, 3.8) is 0 Å². The number of aryl methyl sites for hydroxylation is 1. The molecule has 0 unspecified atom stereocenters. The van der Waals surface area contributed by atoms with Gasteiger partial charge in [0.05, 0.1) is 11.9 Å². The Morgan fingerprint density at radius 3 is 2.38 bits per heavy atom. The van der Waals surface area contributed by atoms with Crippen molar-refractivity contribution in [2.45, 2.75) is 24.9 Å². The molecule has 1 aliphatic heterocycles. The third-order valence-electron chi connectivity index (χ3n) is 4.37. The summed E-state index contributed by atoms with van der Waals surface area (Å²) in [6.07, 6.45) is 0.862. The predicted octanol–water partition coefficient (Wildman–Crippen LogP) is 2.23. The summed E-state index contributed by atoms with van der Waals surface area (Å²) in [5.74, 6) is -0.294. The molecule has 10 heteroatoms. The Kier molecular flexibility index (Phi) is 5.35. The van der Waals surface area contributed by atoms with E-state index in [2.05, 4.69) is 5.10 Å². The zero-order valence-electron chi connectivity index (χ0n) is 14.1. The molecule has 6 nitrogen and oxygen atoms in total. The van der Waals surface area contributed by atoms with Crippen LogP contribution < -0.4 is 0 Å². The van der Waals surface area contributed by atoms with Crippen LogP contribution in [-0.4, -0.2) is 53.6 Å². The lowest BCUT2D eigenvalue weighted by Crippen LogP contribution is -2.48. The number of piperazine rings is 1. The lowest BCUT2D eigenvalue weighted by atomic mass is 10.2. The van der Waals surface area contributed by atoms with Crippen LogP contribution in [0, 0.1) is 12.7 Å². The smallest absolute Gasteiger partial charge is 0.296 e. The van der Waals surface area contributed by atoms with Crippen molar-refractivity contribution in [1.29, 1.82) is 0 Å². The van der Waals surface area contributed by atoms with E-state index in [0.717, 1.165) is 6.20 Å². The fourth-order valence-electron chi connectivity index (χ4n) is 2.95. The molecule has 2 heterocycles. The van der Waals surface area contributed by atoms with Crippen molar-refractivity contribution in [1.82, 2.24) is 19.0 Å². The minimum absolute atomic E-state index is 0.0408. The van der Waals surface area contributed by atoms with Gasteiger partial charge in [-0.05, 0) is 13.0 Å². The molecule has 1 saturated heterocycles. The van der Waals surface area contributed by atoms with Gasteiger partial charge in [0, 0.05) is 38.3 Å². The molecule has 1 aliphatic rings. The predicted molar refractivity (Wildman–Crippen MR) is 88.7 cm³/mol. The maximum atomic E-state index is 13.7. The van der Waals surface area contributed by atoms with E-state index in [1.54, 1.807) is 18.2 Å². The number of halogens is 3. The van der Waals surface area contributed by atoms with Gasteiger partial charge in [0.2, 0.25) is 10.0 Å². The molecule has 3 rings (SSSR count). The third-order valence-corrected chi connectivity index (χ3v) is 6.37. The minimum Gasteiger partial charge on any atom is -0.296 e. The first-order valence-corrected chi connectivity index (χ1v) is 9.53. The molecule has 142 valence electrons. The van der Waals surface area contributed by atoms with Crippen LogP contribution in [0.25, 0.3) is 0 Å². The van der Waals surface area contributed by atoms with Gasteiger partial charge in [0.1, 0.15) is 10.7 Å². The van der Waals surface area contributed by atoms with Crippen LogP contribution in [0.2, 0.25) is 0 Å². The van der Waals surface area contributed by atoms with Crippen molar-refractivity contribution < 1.29 is 21.6 Å². The van der Waals surface area contributed by atoms with E-state index in [0.29, 0.717) is 29.9 Å². The summed E-state index contributed by atoms with van der Waals surface area (Å²) < 4.78 is 66.2. The summed E-state index contributed by atoms with van der Waals surface area (Å²) in [7, 11) is -3.89. The van der Waals surface area contributed by atoms with Crippen LogP contribution >= 0.6 is 0 Å². The molecular weight excluding hydrogens is 369 g/mol. The highest BCUT2D eigenvalue weighted by atomic mass is 32.2. The Morgan fingerprint density at radius 2 is 1.81 bits per heavy atom. The number of nitrogens with zero attached hydrogens (tertiary/aromatic N) is 4. The molecule has 1 fully saturated rings. The van der Waals surface area contributed by atoms with Gasteiger partial charge in [0.15, 0.2) is 0 Å². The average molecular weight is 388 g/mol. The minimum atomic E-state index is -3.89. The Bertz CT molecular complexity index is 877. The third kappa shape index (κ3) is 3.76. The molecule has 0 bridgehead atoms. The van der Waals surface area contributed by atoms with Crippen LogP contribution in [0.4, 0.5) is 13.2 Å². The van der Waals surface area contributed by atoms with Crippen molar-refractivity contribution >= 4 is 10.0 Å². The first-order valence-electron chi connectivity index (χ1n) is 8.09. The van der Waals surface area contributed by atoms with Gasteiger partial charge in [0.25, 0.3) is 0 Å². The van der Waals surface area contributed by atoms with Crippen LogP contribution in [-0.2, 0) is 16.6 Å². The molecular formula is C16H19F3N4O2S. The molecule has 0 saturated carbocycles. The fourth-order valence-corrected chi connectivity index (χ4v) is 4.53. The van der Waals surface area contributed by atoms with E-state index in [4.69, 9.17) is 0 Å². The first-order chi connectivity index (χ1) is 12.3. The number of rotatable bonds is 5. The van der Waals surface area contributed by atoms with Crippen LogP contribution in [0.15, 0.2) is 35.4 Å². The second-order valence-corrected chi connectivity index (χ2v) is 8.01. The number of sulfonamides is 1. The number of benzene rings is 1. The van der Waals surface area contributed by atoms with Crippen LogP contribution in [0.5, 0.6) is 0 Å². The second-order valence-electron chi connectivity index (χ2n) is 6.11. The lowest BCUT2D eigenvalue weighted by molar-refractivity contribution is 0.0561. The fraction of sp³-hybridized carbons (Fsp3) is 0.438. The Balaban J connectivity index is 1.68. The van der Waals surface area contributed by atoms with Gasteiger partial charge in [-0.3, -0.25) is 4.90 Å². The number of hydrogen-bond acceptors (Lipinski definition) is 4. The first kappa shape index (κ1) is 18.9. The molecule has 0 spiro atoms. The highest BCUT2D eigenvalue weighted by molar-refractivity contribution is 7.89. The van der Waals surface area contributed by atoms with Crippen molar-refractivity contribution in [2.75, 3.05) is 26.2 Å². The maximum Gasteiger partial charge on any atom is 0.333 e. The summed E-state index contributed by atoms with van der Waals surface area (Å²) in [6.45, 7) is 0.149. The van der Waals surface area contributed by atoms with Gasteiger partial charge in [-0.25, -0.2) is 17.5 Å². The Morgan fingerprint density at radius 1 is 1.15 bits per heavy atom. The largest absolute Gasteiger partial charge is 0.333 e. The molecule has 0 amide bonds. The monoisotopic (exact) mass is 388 g/mol. The van der Waals surface area contributed by atoms with E-state index in [-0.39, 0.29) is 29.5 Å². The average Bonchev–Trinajstić information content (AvgIpc) is 3.00. The molecule has 0 N–H and O–H groups in total. The van der Waals surface area contributed by atoms with E-state index in [9.17, 15) is 21.6 Å². The zero-order chi connectivity index (χ0) is 18.9. The van der Waals surface area contributed by atoms with E-state index >= 15 is 0 Å². The van der Waals surface area contributed by atoms with E-state index in [1.165, 1.54) is 17.3 Å². The Labute approximate surface area is 149 Å². The van der Waals surface area contributed by atoms with Crippen LogP contribution in [0.3, 0.4) is 0 Å². The number of hydrogen-bond donors (Lipinski definition) is 0. The highest BCUT2D eigenvalue weighted by Crippen LogP contribution is 2.23. The van der Waals surface area contributed by atoms with Gasteiger partial charge < -0.3 is 0 Å². The molecule has 0 radical (unpaired) electrons. The SMILES string of the molecule is Cc1nn(C(F)F)cc1S(=O)(=O)N1CCN(Cc2ccccc2F)CC1. The second kappa shape index (κ2) is 7.37. The quantitative estimate of drug-likeness (QED) is 0.788. The standard InChI is InChI=1S/C16H19F3N4O2S/c1-12-15(11-23(20-12)16(18)19)26(24,25)22-8-6-21(7-9-22)10-13-4-2-3-5-14(13)17/h2-5,11,16H,6-10H2,1H3. The summed E-state index contributed by atoms with van der Waals surface area (Å²) in [5.41, 5.74) is 0.594. The normalized spacial score (nSPS) is 17.1. The van der Waals surface area contributed by atoms with Gasteiger partial charge >= 0.3 is 6.55 Å². The summed E-state index contributed by atoms with van der Waals surface area (Å²) >= 11 is 0. The number of aromatic nitrogens is 2. The van der Waals surface area contributed by atoms with Crippen molar-refractivity contribution in [3.05, 3.63) is 47.5 Å². The lowest BCUT2D eigenvalue weighted by Gasteiger charge is -2.33. The van der Waals surface area contributed by atoms with Gasteiger partial charge in [-0.2, -0.15) is 18.2 Å². The van der Waals surface area contributed by atoms with Crippen molar-refractivity contribution in [2.24, 2.45) is 0 Å². The van der Waals surface area contributed by atoms with Gasteiger partial charge in [-0.1, -0.05) is 18.2 Å². The highest BCUT2D eigenvalue weighted by Gasteiger charge is 2.32. The summed E-state index contributed by atoms with van der Waals surface area (Å²) in [4.78, 5) is 1.75. The molecule has 0 atom stereocenters. The number of alkyl halides is 2. The van der Waals surface area contributed by atoms with Crippen LogP contribution in [0.1, 0.15) is 17.8 Å². The summed E-state index contributed by atoms with van der Waals surface area (Å²) in [5, 5.41) is 3.56. The Hall–Kier alpha value is -1.91. The zero-order valence-corrected chi connectivity index (χ0v) is 15.0. The maximum absolute atomic E-state index is 13.7. The molecule has 2 aromatic rings. The van der Waals surface area contributed by atoms with E-state index < -0.39 is 16.6 Å². The summed E-state index contributed by atoms with van der Waals surface area (Å²) in [6, 6.07) is 6.45. The van der Waals surface area contributed by atoms with Crippen molar-refractivity contribution in [3.8, 4) is 0 Å². The van der Waals surface area contributed by atoms with Gasteiger partial charge in [-0.15, -0.1) is 0 Å².